The number of anilines is 2. The van der Waals surface area contributed by atoms with E-state index in [9.17, 15) is 0 Å². The van der Waals surface area contributed by atoms with E-state index in [1.54, 1.807) is 13.3 Å². The van der Waals surface area contributed by atoms with Crippen molar-refractivity contribution >= 4 is 11.6 Å². The number of nitrogens with zero attached hydrogens (tertiary/aromatic N) is 2. The third-order valence-corrected chi connectivity index (χ3v) is 1.88. The van der Waals surface area contributed by atoms with Crippen molar-refractivity contribution in [2.45, 2.75) is 6.42 Å². The monoisotopic (exact) mass is 226 g/mol. The van der Waals surface area contributed by atoms with Gasteiger partial charge in [0.05, 0.1) is 25.6 Å². The van der Waals surface area contributed by atoms with Gasteiger partial charge in [0, 0.05) is 20.3 Å². The molecule has 0 spiro atoms. The fraction of sp³-hybridized carbons (Fsp3) is 0.600. The summed E-state index contributed by atoms with van der Waals surface area (Å²) in [5, 5.41) is 3.12. The fourth-order valence-corrected chi connectivity index (χ4v) is 1.06. The zero-order valence-electron chi connectivity index (χ0n) is 9.48. The topological polar surface area (TPSA) is 82.3 Å². The number of methoxy groups -OCH3 is 1. The summed E-state index contributed by atoms with van der Waals surface area (Å²) in [6.45, 7) is 2.78. The summed E-state index contributed by atoms with van der Waals surface area (Å²) in [5.74, 6) is 1.15. The van der Waals surface area contributed by atoms with Crippen molar-refractivity contribution in [3.63, 3.8) is 0 Å². The van der Waals surface area contributed by atoms with E-state index >= 15 is 0 Å². The number of rotatable bonds is 8. The average molecular weight is 226 g/mol. The molecule has 3 N–H and O–H groups in total. The van der Waals surface area contributed by atoms with E-state index < -0.39 is 0 Å². The van der Waals surface area contributed by atoms with Gasteiger partial charge in [-0.2, -0.15) is 0 Å². The van der Waals surface area contributed by atoms with Crippen molar-refractivity contribution in [2.75, 3.05) is 44.5 Å². The Morgan fingerprint density at radius 1 is 1.25 bits per heavy atom. The number of nitrogens with two attached hydrogens (primary N) is 1. The highest BCUT2D eigenvalue weighted by molar-refractivity contribution is 5.35. The normalized spacial score (nSPS) is 10.3. The third-order valence-electron chi connectivity index (χ3n) is 1.88. The number of ether oxygens (including phenoxy) is 2. The van der Waals surface area contributed by atoms with E-state index in [2.05, 4.69) is 15.3 Å². The molecular formula is C10H18N4O2. The molecule has 16 heavy (non-hydrogen) atoms. The Bertz CT molecular complexity index is 279. The fourth-order valence-electron chi connectivity index (χ4n) is 1.06. The first-order valence-corrected chi connectivity index (χ1v) is 5.21. The highest BCUT2D eigenvalue weighted by Crippen LogP contribution is 2.01. The van der Waals surface area contributed by atoms with E-state index in [1.807, 2.05) is 0 Å². The van der Waals surface area contributed by atoms with Crippen LogP contribution in [-0.2, 0) is 9.47 Å². The van der Waals surface area contributed by atoms with Crippen molar-refractivity contribution in [2.24, 2.45) is 0 Å². The molecule has 6 heteroatoms. The predicted molar refractivity (Wildman–Crippen MR) is 62.2 cm³/mol. The van der Waals surface area contributed by atoms with Crippen LogP contribution in [0.1, 0.15) is 6.42 Å². The van der Waals surface area contributed by atoms with E-state index in [4.69, 9.17) is 15.2 Å². The molecular weight excluding hydrogens is 208 g/mol. The molecule has 1 rings (SSSR count). The minimum Gasteiger partial charge on any atom is -0.382 e. The second-order valence-electron chi connectivity index (χ2n) is 3.21. The smallest absolute Gasteiger partial charge is 0.144 e. The maximum Gasteiger partial charge on any atom is 0.144 e. The van der Waals surface area contributed by atoms with E-state index in [0.29, 0.717) is 25.6 Å². The van der Waals surface area contributed by atoms with E-state index in [-0.39, 0.29) is 0 Å². The van der Waals surface area contributed by atoms with E-state index in [0.717, 1.165) is 18.8 Å². The molecule has 0 aromatic carbocycles. The standard InChI is InChI=1S/C10H18N4O2/c1-15-5-6-16-4-2-3-12-10-8-13-9(11)7-14-10/h7-8H,2-6H2,1H3,(H2,11,13)(H,12,14). The maximum atomic E-state index is 5.42. The van der Waals surface area contributed by atoms with Crippen LogP contribution in [0.2, 0.25) is 0 Å². The van der Waals surface area contributed by atoms with Crippen molar-refractivity contribution in [3.8, 4) is 0 Å². The molecule has 0 atom stereocenters. The Balaban J connectivity index is 2.01. The lowest BCUT2D eigenvalue weighted by molar-refractivity contribution is 0.0705. The van der Waals surface area contributed by atoms with Gasteiger partial charge in [-0.05, 0) is 6.42 Å². The first-order chi connectivity index (χ1) is 7.83. The van der Waals surface area contributed by atoms with Crippen LogP contribution in [0.5, 0.6) is 0 Å². The van der Waals surface area contributed by atoms with Crippen molar-refractivity contribution < 1.29 is 9.47 Å². The molecule has 1 aromatic rings. The minimum absolute atomic E-state index is 0.424. The molecule has 0 saturated carbocycles. The second-order valence-corrected chi connectivity index (χ2v) is 3.21. The van der Waals surface area contributed by atoms with Gasteiger partial charge in [0.1, 0.15) is 11.6 Å². The van der Waals surface area contributed by atoms with Crippen LogP contribution in [-0.4, -0.2) is 43.4 Å². The largest absolute Gasteiger partial charge is 0.382 e. The lowest BCUT2D eigenvalue weighted by atomic mass is 10.4. The van der Waals surface area contributed by atoms with Crippen LogP contribution in [0.3, 0.4) is 0 Å². The molecule has 0 bridgehead atoms. The molecule has 0 aliphatic carbocycles. The Labute approximate surface area is 95.2 Å². The van der Waals surface area contributed by atoms with E-state index in [1.165, 1.54) is 6.20 Å². The molecule has 0 unspecified atom stereocenters. The molecule has 0 radical (unpaired) electrons. The molecule has 0 amide bonds. The van der Waals surface area contributed by atoms with Gasteiger partial charge in [0.2, 0.25) is 0 Å². The average Bonchev–Trinajstić information content (AvgIpc) is 2.30. The maximum absolute atomic E-state index is 5.42. The SMILES string of the molecule is COCCOCCCNc1cnc(N)cn1. The minimum atomic E-state index is 0.424. The molecule has 0 aliphatic rings. The Morgan fingerprint density at radius 2 is 2.12 bits per heavy atom. The van der Waals surface area contributed by atoms with Crippen LogP contribution >= 0.6 is 0 Å². The number of nitrogen functional groups attached to an aromatic ring is 1. The Morgan fingerprint density at radius 3 is 2.81 bits per heavy atom. The van der Waals surface area contributed by atoms with Crippen molar-refractivity contribution in [1.29, 1.82) is 0 Å². The highest BCUT2D eigenvalue weighted by Gasteiger charge is 1.94. The molecule has 90 valence electrons. The van der Waals surface area contributed by atoms with Gasteiger partial charge in [0.15, 0.2) is 0 Å². The van der Waals surface area contributed by atoms with Crippen LogP contribution in [0.4, 0.5) is 11.6 Å². The summed E-state index contributed by atoms with van der Waals surface area (Å²) >= 11 is 0. The van der Waals surface area contributed by atoms with Gasteiger partial charge in [-0.3, -0.25) is 0 Å². The van der Waals surface area contributed by atoms with Crippen LogP contribution in [0.15, 0.2) is 12.4 Å². The van der Waals surface area contributed by atoms with Gasteiger partial charge in [-0.1, -0.05) is 0 Å². The molecule has 6 nitrogen and oxygen atoms in total. The van der Waals surface area contributed by atoms with Crippen molar-refractivity contribution in [3.05, 3.63) is 12.4 Å². The lowest BCUT2D eigenvalue weighted by Gasteiger charge is -2.05. The zero-order valence-corrected chi connectivity index (χ0v) is 9.48. The quantitative estimate of drug-likeness (QED) is 0.629. The number of hydrogen-bond donors (Lipinski definition) is 2. The Kier molecular flexibility index (Phi) is 6.20. The summed E-state index contributed by atoms with van der Waals surface area (Å²) < 4.78 is 10.2. The van der Waals surface area contributed by atoms with Gasteiger partial charge >= 0.3 is 0 Å². The molecule has 0 fully saturated rings. The molecule has 0 aliphatic heterocycles. The zero-order chi connectivity index (χ0) is 11.6. The van der Waals surface area contributed by atoms with Gasteiger partial charge < -0.3 is 20.5 Å². The van der Waals surface area contributed by atoms with Gasteiger partial charge in [-0.25, -0.2) is 9.97 Å². The third kappa shape index (κ3) is 5.47. The summed E-state index contributed by atoms with van der Waals surface area (Å²) in [6, 6.07) is 0. The Hall–Kier alpha value is -1.40. The van der Waals surface area contributed by atoms with Gasteiger partial charge in [0.25, 0.3) is 0 Å². The second kappa shape index (κ2) is 7.84. The number of hydrogen-bond acceptors (Lipinski definition) is 6. The predicted octanol–water partition coefficient (Wildman–Crippen LogP) is 0.524. The number of aromatic nitrogens is 2. The summed E-state index contributed by atoms with van der Waals surface area (Å²) in [7, 11) is 1.66. The summed E-state index contributed by atoms with van der Waals surface area (Å²) in [4.78, 5) is 7.99. The first kappa shape index (κ1) is 12.7. The van der Waals surface area contributed by atoms with Crippen LogP contribution < -0.4 is 11.1 Å². The lowest BCUT2D eigenvalue weighted by Crippen LogP contribution is -2.09. The summed E-state index contributed by atoms with van der Waals surface area (Å²) in [6.07, 6.45) is 4.05. The number of nitrogens with one attached hydrogen (secondary N) is 1. The molecule has 1 aromatic heterocycles. The molecule has 0 saturated heterocycles. The van der Waals surface area contributed by atoms with Gasteiger partial charge in [-0.15, -0.1) is 0 Å². The molecule has 1 heterocycles. The van der Waals surface area contributed by atoms with Crippen LogP contribution in [0, 0.1) is 0 Å². The summed E-state index contributed by atoms with van der Waals surface area (Å²) in [5.41, 5.74) is 5.42. The van der Waals surface area contributed by atoms with Crippen LogP contribution in [0.25, 0.3) is 0 Å². The highest BCUT2D eigenvalue weighted by atomic mass is 16.5. The van der Waals surface area contributed by atoms with Crippen molar-refractivity contribution in [1.82, 2.24) is 9.97 Å². The first-order valence-electron chi connectivity index (χ1n) is 5.21.